The molecule has 2 aromatic rings. The molecule has 1 aromatic heterocycles. The van der Waals surface area contributed by atoms with Gasteiger partial charge in [-0.1, -0.05) is 11.3 Å². The summed E-state index contributed by atoms with van der Waals surface area (Å²) in [4.78, 5) is 23.5. The van der Waals surface area contributed by atoms with Gasteiger partial charge in [-0.2, -0.15) is 0 Å². The molecule has 0 spiro atoms. The first-order valence-electron chi connectivity index (χ1n) is 6.39. The number of aryl methyl sites for hydroxylation is 1. The van der Waals surface area contributed by atoms with Crippen LogP contribution in [0.5, 0.6) is 5.75 Å². The molecule has 0 aliphatic rings. The predicted molar refractivity (Wildman–Crippen MR) is 84.0 cm³/mol. The number of nitrogens with one attached hydrogen (secondary N) is 1. The number of nitrogens with zero attached hydrogens (tertiary/aromatic N) is 1. The molecule has 0 radical (unpaired) electrons. The first-order valence-corrected chi connectivity index (χ1v) is 7.27. The monoisotopic (exact) mass is 307 g/mol. The smallest absolute Gasteiger partial charge is 0.307 e. The molecule has 21 heavy (non-hydrogen) atoms. The van der Waals surface area contributed by atoms with E-state index in [0.717, 1.165) is 17.0 Å². The van der Waals surface area contributed by atoms with Gasteiger partial charge < -0.3 is 20.4 Å². The number of hydrogen-bond acceptors (Lipinski definition) is 5. The summed E-state index contributed by atoms with van der Waals surface area (Å²) >= 11 is 1.13. The van der Waals surface area contributed by atoms with Gasteiger partial charge in [-0.05, 0) is 25.1 Å². The fourth-order valence-corrected chi connectivity index (χ4v) is 2.69. The van der Waals surface area contributed by atoms with E-state index in [1.54, 1.807) is 28.1 Å². The maximum absolute atomic E-state index is 12.0. The minimum atomic E-state index is -0.198. The molecule has 2 rings (SSSR count). The van der Waals surface area contributed by atoms with E-state index in [9.17, 15) is 9.59 Å². The molecule has 0 unspecified atom stereocenters. The number of anilines is 2. The maximum Gasteiger partial charge on any atom is 0.307 e. The number of nitrogen functional groups attached to an aromatic ring is 1. The molecule has 0 saturated carbocycles. The van der Waals surface area contributed by atoms with Crippen molar-refractivity contribution in [3.8, 4) is 5.75 Å². The highest BCUT2D eigenvalue weighted by molar-refractivity contribution is 7.07. The van der Waals surface area contributed by atoms with Gasteiger partial charge in [0.25, 0.3) is 0 Å². The van der Waals surface area contributed by atoms with E-state index >= 15 is 0 Å². The lowest BCUT2D eigenvalue weighted by atomic mass is 10.2. The molecule has 0 bridgehead atoms. The van der Waals surface area contributed by atoms with E-state index in [2.05, 4.69) is 5.32 Å². The summed E-state index contributed by atoms with van der Waals surface area (Å²) in [6, 6.07) is 5.03. The van der Waals surface area contributed by atoms with Gasteiger partial charge in [0.05, 0.1) is 12.8 Å². The molecule has 0 atom stereocenters. The number of amides is 1. The Balaban J connectivity index is 2.02. The Morgan fingerprint density at radius 3 is 2.86 bits per heavy atom. The van der Waals surface area contributed by atoms with Crippen molar-refractivity contribution < 1.29 is 9.53 Å². The van der Waals surface area contributed by atoms with Crippen molar-refractivity contribution in [1.29, 1.82) is 0 Å². The number of carbonyl (C=O) groups excluding carboxylic acids is 1. The zero-order valence-electron chi connectivity index (χ0n) is 11.9. The fraction of sp³-hybridized carbons (Fsp3) is 0.286. The van der Waals surface area contributed by atoms with E-state index < -0.39 is 0 Å². The van der Waals surface area contributed by atoms with Crippen LogP contribution in [-0.4, -0.2) is 17.6 Å². The van der Waals surface area contributed by atoms with Crippen LogP contribution in [0, 0.1) is 6.92 Å². The average Bonchev–Trinajstić information content (AvgIpc) is 2.76. The Morgan fingerprint density at radius 1 is 1.48 bits per heavy atom. The number of carbonyl (C=O) groups is 1. The Labute approximate surface area is 126 Å². The summed E-state index contributed by atoms with van der Waals surface area (Å²) in [5.41, 5.74) is 7.62. The summed E-state index contributed by atoms with van der Waals surface area (Å²) in [5.74, 6) is 0.345. The molecule has 0 aliphatic carbocycles. The first-order chi connectivity index (χ1) is 10.0. The molecule has 0 fully saturated rings. The third-order valence-corrected chi connectivity index (χ3v) is 3.92. The second kappa shape index (κ2) is 6.45. The van der Waals surface area contributed by atoms with Gasteiger partial charge in [0.1, 0.15) is 5.75 Å². The van der Waals surface area contributed by atoms with E-state index in [4.69, 9.17) is 10.5 Å². The summed E-state index contributed by atoms with van der Waals surface area (Å²) in [7, 11) is 1.52. The minimum Gasteiger partial charge on any atom is -0.495 e. The number of methoxy groups -OCH3 is 1. The fourth-order valence-electron chi connectivity index (χ4n) is 1.92. The second-order valence-corrected chi connectivity index (χ2v) is 5.37. The number of thiazole rings is 1. The Bertz CT molecular complexity index is 706. The lowest BCUT2D eigenvalue weighted by Gasteiger charge is -2.11. The lowest BCUT2D eigenvalue weighted by molar-refractivity contribution is -0.116. The van der Waals surface area contributed by atoms with E-state index in [0.29, 0.717) is 23.7 Å². The SMILES string of the molecule is COc1ccc(N)cc1NC(=O)CCn1c(C)csc1=O. The predicted octanol–water partition coefficient (Wildman–Crippen LogP) is 1.84. The number of hydrogen-bond donors (Lipinski definition) is 2. The first kappa shape index (κ1) is 15.1. The topological polar surface area (TPSA) is 86.3 Å². The molecule has 6 nitrogen and oxygen atoms in total. The van der Waals surface area contributed by atoms with E-state index in [1.807, 2.05) is 6.92 Å². The number of rotatable bonds is 5. The van der Waals surface area contributed by atoms with Crippen molar-refractivity contribution in [3.05, 3.63) is 38.9 Å². The number of aromatic nitrogens is 1. The van der Waals surface area contributed by atoms with E-state index in [-0.39, 0.29) is 17.2 Å². The van der Waals surface area contributed by atoms with Crippen molar-refractivity contribution in [2.75, 3.05) is 18.2 Å². The van der Waals surface area contributed by atoms with Gasteiger partial charge >= 0.3 is 4.87 Å². The van der Waals surface area contributed by atoms with Crippen LogP contribution in [-0.2, 0) is 11.3 Å². The van der Waals surface area contributed by atoms with Crippen LogP contribution in [0.25, 0.3) is 0 Å². The van der Waals surface area contributed by atoms with Gasteiger partial charge in [0.2, 0.25) is 5.91 Å². The largest absolute Gasteiger partial charge is 0.495 e. The summed E-state index contributed by atoms with van der Waals surface area (Å²) < 4.78 is 6.75. The highest BCUT2D eigenvalue weighted by Gasteiger charge is 2.10. The maximum atomic E-state index is 12.0. The van der Waals surface area contributed by atoms with Crippen molar-refractivity contribution in [3.63, 3.8) is 0 Å². The van der Waals surface area contributed by atoms with Crippen LogP contribution < -0.4 is 20.7 Å². The highest BCUT2D eigenvalue weighted by atomic mass is 32.1. The molecule has 112 valence electrons. The van der Waals surface area contributed by atoms with Crippen LogP contribution in [0.1, 0.15) is 12.1 Å². The molecular formula is C14H17N3O3S. The lowest BCUT2D eigenvalue weighted by Crippen LogP contribution is -2.20. The Morgan fingerprint density at radius 2 is 2.24 bits per heavy atom. The molecule has 1 amide bonds. The Kier molecular flexibility index (Phi) is 4.64. The van der Waals surface area contributed by atoms with Gasteiger partial charge in [-0.3, -0.25) is 9.59 Å². The van der Waals surface area contributed by atoms with Gasteiger partial charge in [0.15, 0.2) is 0 Å². The Hall–Kier alpha value is -2.28. The number of benzene rings is 1. The van der Waals surface area contributed by atoms with Crippen LogP contribution in [0.2, 0.25) is 0 Å². The zero-order chi connectivity index (χ0) is 15.4. The number of nitrogens with two attached hydrogens (primary N) is 1. The quantitative estimate of drug-likeness (QED) is 0.825. The van der Waals surface area contributed by atoms with Crippen LogP contribution in [0.4, 0.5) is 11.4 Å². The third-order valence-electron chi connectivity index (χ3n) is 3.04. The molecule has 7 heteroatoms. The van der Waals surface area contributed by atoms with Crippen molar-refractivity contribution in [1.82, 2.24) is 4.57 Å². The molecule has 1 aromatic carbocycles. The highest BCUT2D eigenvalue weighted by Crippen LogP contribution is 2.26. The van der Waals surface area contributed by atoms with Crippen molar-refractivity contribution in [2.45, 2.75) is 19.9 Å². The minimum absolute atomic E-state index is 0.0539. The molecule has 0 saturated heterocycles. The summed E-state index contributed by atoms with van der Waals surface area (Å²) in [6.07, 6.45) is 0.204. The molecule has 1 heterocycles. The standard InChI is InChI=1S/C14H17N3O3S/c1-9-8-21-14(19)17(9)6-5-13(18)16-11-7-10(15)3-4-12(11)20-2/h3-4,7-8H,5-6,15H2,1-2H3,(H,16,18). The molecule has 0 aliphatic heterocycles. The zero-order valence-corrected chi connectivity index (χ0v) is 12.7. The van der Waals surface area contributed by atoms with Gasteiger partial charge in [-0.15, -0.1) is 0 Å². The summed E-state index contributed by atoms with van der Waals surface area (Å²) in [5, 5.41) is 4.53. The van der Waals surface area contributed by atoms with Crippen molar-refractivity contribution >= 4 is 28.6 Å². The third kappa shape index (κ3) is 3.63. The molecular weight excluding hydrogens is 290 g/mol. The van der Waals surface area contributed by atoms with Crippen molar-refractivity contribution in [2.24, 2.45) is 0 Å². The summed E-state index contributed by atoms with van der Waals surface area (Å²) in [6.45, 7) is 2.20. The molecule has 3 N–H and O–H groups in total. The van der Waals surface area contributed by atoms with Crippen LogP contribution in [0.15, 0.2) is 28.4 Å². The van der Waals surface area contributed by atoms with Crippen LogP contribution in [0.3, 0.4) is 0 Å². The normalized spacial score (nSPS) is 10.4. The van der Waals surface area contributed by atoms with Gasteiger partial charge in [-0.25, -0.2) is 0 Å². The second-order valence-electron chi connectivity index (χ2n) is 4.55. The van der Waals surface area contributed by atoms with Gasteiger partial charge in [0, 0.05) is 29.7 Å². The van der Waals surface area contributed by atoms with Crippen LogP contribution >= 0.6 is 11.3 Å². The average molecular weight is 307 g/mol. The number of ether oxygens (including phenoxy) is 1. The van der Waals surface area contributed by atoms with E-state index in [1.165, 1.54) is 7.11 Å².